The molecule has 2 nitrogen and oxygen atoms in total. The fourth-order valence-electron chi connectivity index (χ4n) is 1.38. The van der Waals surface area contributed by atoms with E-state index in [4.69, 9.17) is 0 Å². The van der Waals surface area contributed by atoms with Crippen LogP contribution >= 0.6 is 0 Å². The van der Waals surface area contributed by atoms with Crippen LogP contribution in [0.1, 0.15) is 0 Å². The van der Waals surface area contributed by atoms with Gasteiger partial charge in [-0.2, -0.15) is 0 Å². The van der Waals surface area contributed by atoms with E-state index in [1.54, 1.807) is 18.5 Å². The number of hydrogen-bond acceptors (Lipinski definition) is 1. The number of para-hydroxylation sites is 1. The molecule has 0 N–H and O–H groups in total. The topological polar surface area (TPSA) is 22.0 Å². The summed E-state index contributed by atoms with van der Waals surface area (Å²) >= 11 is 0. The van der Waals surface area contributed by atoms with E-state index in [0.717, 1.165) is 10.9 Å². The summed E-state index contributed by atoms with van der Waals surface area (Å²) < 4.78 is 1.83. The summed E-state index contributed by atoms with van der Waals surface area (Å²) in [6, 6.07) is 9.03. The number of benzene rings is 1. The van der Waals surface area contributed by atoms with E-state index in [0.29, 0.717) is 0 Å². The summed E-state index contributed by atoms with van der Waals surface area (Å²) in [5, 5.41) is 0.727. The van der Waals surface area contributed by atoms with Crippen molar-refractivity contribution >= 4 is 17.1 Å². The van der Waals surface area contributed by atoms with Crippen LogP contribution in [-0.4, -0.2) is 4.57 Å². The SMILES string of the molecule is C=Cn1ccc(=O)c2ccccc21. The molecule has 0 aliphatic carbocycles. The Balaban J connectivity index is 3.01. The lowest BCUT2D eigenvalue weighted by Crippen LogP contribution is -2.03. The van der Waals surface area contributed by atoms with Gasteiger partial charge in [-0.25, -0.2) is 0 Å². The van der Waals surface area contributed by atoms with Crippen LogP contribution in [0.3, 0.4) is 0 Å². The van der Waals surface area contributed by atoms with E-state index in [1.165, 1.54) is 0 Å². The van der Waals surface area contributed by atoms with Gasteiger partial charge in [0, 0.05) is 23.8 Å². The second kappa shape index (κ2) is 2.90. The number of fused-ring (bicyclic) bond motifs is 1. The molecular formula is C11H9NO. The first-order chi connectivity index (χ1) is 6.33. The Hall–Kier alpha value is -1.83. The maximum Gasteiger partial charge on any atom is 0.189 e. The first-order valence-electron chi connectivity index (χ1n) is 4.05. The fourth-order valence-corrected chi connectivity index (χ4v) is 1.38. The summed E-state index contributed by atoms with van der Waals surface area (Å²) in [5.74, 6) is 0. The zero-order chi connectivity index (χ0) is 9.26. The van der Waals surface area contributed by atoms with E-state index in [1.807, 2.05) is 28.8 Å². The van der Waals surface area contributed by atoms with Gasteiger partial charge in [0.05, 0.1) is 5.52 Å². The van der Waals surface area contributed by atoms with Gasteiger partial charge < -0.3 is 4.57 Å². The van der Waals surface area contributed by atoms with Gasteiger partial charge in [-0.05, 0) is 12.1 Å². The van der Waals surface area contributed by atoms with Crippen molar-refractivity contribution in [3.8, 4) is 0 Å². The predicted molar refractivity (Wildman–Crippen MR) is 54.6 cm³/mol. The minimum atomic E-state index is 0.0497. The number of hydrogen-bond donors (Lipinski definition) is 0. The van der Waals surface area contributed by atoms with Gasteiger partial charge in [-0.15, -0.1) is 0 Å². The Bertz CT molecular complexity index is 511. The second-order valence-electron chi connectivity index (χ2n) is 2.79. The van der Waals surface area contributed by atoms with Gasteiger partial charge in [0.15, 0.2) is 5.43 Å². The molecule has 0 spiro atoms. The Morgan fingerprint density at radius 1 is 1.23 bits per heavy atom. The average molecular weight is 171 g/mol. The van der Waals surface area contributed by atoms with Crippen LogP contribution in [0.2, 0.25) is 0 Å². The largest absolute Gasteiger partial charge is 0.324 e. The smallest absolute Gasteiger partial charge is 0.189 e. The molecule has 1 heterocycles. The van der Waals surface area contributed by atoms with Crippen molar-refractivity contribution < 1.29 is 0 Å². The third-order valence-corrected chi connectivity index (χ3v) is 2.03. The first-order valence-corrected chi connectivity index (χ1v) is 4.05. The molecule has 0 aliphatic heterocycles. The lowest BCUT2D eigenvalue weighted by molar-refractivity contribution is 1.19. The molecule has 0 fully saturated rings. The molecular weight excluding hydrogens is 162 g/mol. The lowest BCUT2D eigenvalue weighted by atomic mass is 10.2. The van der Waals surface area contributed by atoms with Gasteiger partial charge in [0.1, 0.15) is 0 Å². The third kappa shape index (κ3) is 1.16. The van der Waals surface area contributed by atoms with Crippen molar-refractivity contribution in [2.75, 3.05) is 0 Å². The van der Waals surface area contributed by atoms with Crippen LogP contribution in [-0.2, 0) is 0 Å². The highest BCUT2D eigenvalue weighted by atomic mass is 16.1. The van der Waals surface area contributed by atoms with Crippen LogP contribution in [0.15, 0.2) is 47.9 Å². The zero-order valence-electron chi connectivity index (χ0n) is 7.10. The standard InChI is InChI=1S/C11H9NO/c1-2-12-8-7-11(13)9-5-3-4-6-10(9)12/h2-8H,1H2. The minimum absolute atomic E-state index is 0.0497. The molecule has 0 bridgehead atoms. The molecule has 1 aromatic carbocycles. The van der Waals surface area contributed by atoms with Crippen LogP contribution in [0.25, 0.3) is 17.1 Å². The summed E-state index contributed by atoms with van der Waals surface area (Å²) in [6.07, 6.45) is 3.40. The Morgan fingerprint density at radius 3 is 2.77 bits per heavy atom. The van der Waals surface area contributed by atoms with Gasteiger partial charge in [0.25, 0.3) is 0 Å². The van der Waals surface area contributed by atoms with Crippen molar-refractivity contribution in [2.24, 2.45) is 0 Å². The molecule has 0 saturated heterocycles. The monoisotopic (exact) mass is 171 g/mol. The van der Waals surface area contributed by atoms with E-state index in [-0.39, 0.29) is 5.43 Å². The van der Waals surface area contributed by atoms with E-state index < -0.39 is 0 Å². The van der Waals surface area contributed by atoms with Crippen molar-refractivity contribution in [2.45, 2.75) is 0 Å². The average Bonchev–Trinajstić information content (AvgIpc) is 2.19. The zero-order valence-corrected chi connectivity index (χ0v) is 7.10. The van der Waals surface area contributed by atoms with E-state index >= 15 is 0 Å². The van der Waals surface area contributed by atoms with Crippen molar-refractivity contribution in [1.82, 2.24) is 4.57 Å². The van der Waals surface area contributed by atoms with E-state index in [9.17, 15) is 4.79 Å². The Morgan fingerprint density at radius 2 is 2.00 bits per heavy atom. The second-order valence-corrected chi connectivity index (χ2v) is 2.79. The minimum Gasteiger partial charge on any atom is -0.324 e. The highest BCUT2D eigenvalue weighted by Crippen LogP contribution is 2.08. The van der Waals surface area contributed by atoms with Gasteiger partial charge in [-0.3, -0.25) is 4.79 Å². The summed E-state index contributed by atoms with van der Waals surface area (Å²) in [4.78, 5) is 11.4. The number of pyridine rings is 1. The first kappa shape index (κ1) is 7.80. The lowest BCUT2D eigenvalue weighted by Gasteiger charge is -2.03. The van der Waals surface area contributed by atoms with Crippen LogP contribution < -0.4 is 5.43 Å². The maximum atomic E-state index is 11.4. The highest BCUT2D eigenvalue weighted by Gasteiger charge is 1.97. The Labute approximate surface area is 75.7 Å². The molecule has 64 valence electrons. The molecule has 2 heteroatoms. The summed E-state index contributed by atoms with van der Waals surface area (Å²) in [5.41, 5.74) is 0.943. The molecule has 1 aromatic heterocycles. The molecule has 0 saturated carbocycles. The fraction of sp³-hybridized carbons (Fsp3) is 0. The maximum absolute atomic E-state index is 11.4. The Kier molecular flexibility index (Phi) is 1.74. The van der Waals surface area contributed by atoms with Gasteiger partial charge >= 0.3 is 0 Å². The molecule has 0 aliphatic rings. The number of rotatable bonds is 1. The molecule has 2 rings (SSSR count). The van der Waals surface area contributed by atoms with Gasteiger partial charge in [0.2, 0.25) is 0 Å². The molecule has 0 amide bonds. The normalized spacial score (nSPS) is 10.2. The number of nitrogens with zero attached hydrogens (tertiary/aromatic N) is 1. The quantitative estimate of drug-likeness (QED) is 0.644. The highest BCUT2D eigenvalue weighted by molar-refractivity contribution is 5.80. The van der Waals surface area contributed by atoms with Crippen molar-refractivity contribution in [1.29, 1.82) is 0 Å². The van der Waals surface area contributed by atoms with Gasteiger partial charge in [-0.1, -0.05) is 18.7 Å². The van der Waals surface area contributed by atoms with Crippen molar-refractivity contribution in [3.63, 3.8) is 0 Å². The molecule has 0 unspecified atom stereocenters. The summed E-state index contributed by atoms with van der Waals surface area (Å²) in [6.45, 7) is 3.67. The van der Waals surface area contributed by atoms with E-state index in [2.05, 4.69) is 6.58 Å². The molecule has 0 radical (unpaired) electrons. The third-order valence-electron chi connectivity index (χ3n) is 2.03. The van der Waals surface area contributed by atoms with Crippen LogP contribution in [0, 0.1) is 0 Å². The summed E-state index contributed by atoms with van der Waals surface area (Å²) in [7, 11) is 0. The molecule has 2 aromatic rings. The van der Waals surface area contributed by atoms with Crippen molar-refractivity contribution in [3.05, 3.63) is 53.3 Å². The van der Waals surface area contributed by atoms with Crippen LogP contribution in [0.4, 0.5) is 0 Å². The molecule has 0 atom stereocenters. The number of aromatic nitrogens is 1. The predicted octanol–water partition coefficient (Wildman–Crippen LogP) is 2.10. The van der Waals surface area contributed by atoms with Crippen LogP contribution in [0.5, 0.6) is 0 Å². The molecule has 13 heavy (non-hydrogen) atoms.